The van der Waals surface area contributed by atoms with E-state index in [1.807, 2.05) is 14.1 Å². The summed E-state index contributed by atoms with van der Waals surface area (Å²) in [4.78, 5) is 6.21. The number of nitrogens with one attached hydrogen (secondary N) is 2. The van der Waals surface area contributed by atoms with E-state index in [9.17, 15) is 8.78 Å². The van der Waals surface area contributed by atoms with Crippen LogP contribution in [0.2, 0.25) is 0 Å². The quantitative estimate of drug-likeness (QED) is 0.624. The molecule has 0 aliphatic rings. The minimum atomic E-state index is -0.459. The Balaban J connectivity index is 1.87. The maximum absolute atomic E-state index is 13.6. The van der Waals surface area contributed by atoms with E-state index >= 15 is 0 Å². The van der Waals surface area contributed by atoms with Gasteiger partial charge < -0.3 is 15.5 Å². The summed E-state index contributed by atoms with van der Waals surface area (Å²) in [5, 5.41) is 6.15. The number of benzene rings is 2. The average Bonchev–Trinajstić information content (AvgIpc) is 2.58. The number of halogens is 2. The van der Waals surface area contributed by atoms with Crippen LogP contribution in [-0.4, -0.2) is 32.0 Å². The minimum absolute atomic E-state index is 0.158. The third-order valence-electron chi connectivity index (χ3n) is 3.66. The summed E-state index contributed by atoms with van der Waals surface area (Å²) < 4.78 is 26.8. The Labute approximate surface area is 147 Å². The second-order valence-corrected chi connectivity index (χ2v) is 6.07. The molecule has 2 aromatic carbocycles. The van der Waals surface area contributed by atoms with E-state index in [1.165, 1.54) is 11.6 Å². The molecular weight excluding hydrogens is 322 g/mol. The smallest absolute Gasteiger partial charge is 0.191 e. The number of hydrogen-bond donors (Lipinski definition) is 2. The molecule has 0 fully saturated rings. The molecule has 0 aromatic heterocycles. The van der Waals surface area contributed by atoms with E-state index in [2.05, 4.69) is 44.8 Å². The number of aliphatic imine (C=N–C) groups is 1. The van der Waals surface area contributed by atoms with Gasteiger partial charge in [0, 0.05) is 32.2 Å². The standard InChI is InChI=1S/C19H24F2N4/c1-22-19(24-12-16-10-17(20)8-9-18(16)21)23-11-14-4-6-15(7-5-14)13-25(2)3/h4-10H,11-13H2,1-3H3,(H2,22,23,24). The normalized spacial score (nSPS) is 11.7. The Hall–Kier alpha value is -2.47. The van der Waals surface area contributed by atoms with Gasteiger partial charge in [0.05, 0.1) is 0 Å². The lowest BCUT2D eigenvalue weighted by Crippen LogP contribution is -2.36. The van der Waals surface area contributed by atoms with Gasteiger partial charge in [-0.1, -0.05) is 24.3 Å². The molecule has 0 heterocycles. The molecule has 0 spiro atoms. The molecule has 0 radical (unpaired) electrons. The van der Waals surface area contributed by atoms with Crippen LogP contribution in [0.4, 0.5) is 8.78 Å². The fourth-order valence-electron chi connectivity index (χ4n) is 2.39. The Morgan fingerprint density at radius 2 is 1.60 bits per heavy atom. The van der Waals surface area contributed by atoms with Crippen molar-refractivity contribution in [1.29, 1.82) is 0 Å². The van der Waals surface area contributed by atoms with Crippen molar-refractivity contribution in [2.75, 3.05) is 21.1 Å². The molecule has 4 nitrogen and oxygen atoms in total. The number of hydrogen-bond acceptors (Lipinski definition) is 2. The van der Waals surface area contributed by atoms with E-state index < -0.39 is 11.6 Å². The van der Waals surface area contributed by atoms with Crippen LogP contribution < -0.4 is 10.6 Å². The van der Waals surface area contributed by atoms with Crippen LogP contribution in [-0.2, 0) is 19.6 Å². The van der Waals surface area contributed by atoms with Crippen molar-refractivity contribution in [3.05, 3.63) is 70.8 Å². The van der Waals surface area contributed by atoms with E-state index in [1.54, 1.807) is 7.05 Å². The SMILES string of the molecule is CN=C(NCc1ccc(CN(C)C)cc1)NCc1cc(F)ccc1F. The average molecular weight is 346 g/mol. The molecule has 6 heteroatoms. The highest BCUT2D eigenvalue weighted by atomic mass is 19.1. The summed E-state index contributed by atoms with van der Waals surface area (Å²) >= 11 is 0. The Bertz CT molecular complexity index is 712. The summed E-state index contributed by atoms with van der Waals surface area (Å²) in [5.41, 5.74) is 2.62. The Kier molecular flexibility index (Phi) is 6.89. The predicted octanol–water partition coefficient (Wildman–Crippen LogP) is 2.89. The first kappa shape index (κ1) is 18.9. The molecule has 2 aromatic rings. The van der Waals surface area contributed by atoms with Crippen LogP contribution in [0.1, 0.15) is 16.7 Å². The fourth-order valence-corrected chi connectivity index (χ4v) is 2.39. The fraction of sp³-hybridized carbons (Fsp3) is 0.316. The monoisotopic (exact) mass is 346 g/mol. The van der Waals surface area contributed by atoms with Crippen molar-refractivity contribution in [3.63, 3.8) is 0 Å². The van der Waals surface area contributed by atoms with Gasteiger partial charge >= 0.3 is 0 Å². The van der Waals surface area contributed by atoms with E-state index in [-0.39, 0.29) is 12.1 Å². The van der Waals surface area contributed by atoms with E-state index in [0.717, 1.165) is 24.2 Å². The zero-order chi connectivity index (χ0) is 18.2. The Morgan fingerprint density at radius 3 is 2.24 bits per heavy atom. The summed E-state index contributed by atoms with van der Waals surface area (Å²) in [6.45, 7) is 1.65. The molecule has 0 aliphatic heterocycles. The van der Waals surface area contributed by atoms with Gasteiger partial charge in [0.15, 0.2) is 5.96 Å². The highest BCUT2D eigenvalue weighted by molar-refractivity contribution is 5.79. The van der Waals surface area contributed by atoms with Crippen LogP contribution in [0, 0.1) is 11.6 Å². The molecule has 0 saturated heterocycles. The molecule has 0 bridgehead atoms. The lowest BCUT2D eigenvalue weighted by Gasteiger charge is -2.13. The van der Waals surface area contributed by atoms with Gasteiger partial charge in [0.2, 0.25) is 0 Å². The molecular formula is C19H24F2N4. The van der Waals surface area contributed by atoms with Crippen molar-refractivity contribution < 1.29 is 8.78 Å². The molecule has 0 saturated carbocycles. The first-order valence-corrected chi connectivity index (χ1v) is 8.09. The molecule has 0 atom stereocenters. The van der Waals surface area contributed by atoms with Gasteiger partial charge in [-0.05, 0) is 43.4 Å². The maximum Gasteiger partial charge on any atom is 0.191 e. The topological polar surface area (TPSA) is 39.7 Å². The van der Waals surface area contributed by atoms with Crippen LogP contribution in [0.3, 0.4) is 0 Å². The first-order valence-electron chi connectivity index (χ1n) is 8.09. The lowest BCUT2D eigenvalue weighted by molar-refractivity contribution is 0.402. The van der Waals surface area contributed by atoms with Gasteiger partial charge in [-0.25, -0.2) is 8.78 Å². The molecule has 0 unspecified atom stereocenters. The van der Waals surface area contributed by atoms with Gasteiger partial charge in [-0.2, -0.15) is 0 Å². The third kappa shape index (κ3) is 6.15. The molecule has 2 N–H and O–H groups in total. The second-order valence-electron chi connectivity index (χ2n) is 6.07. The van der Waals surface area contributed by atoms with Gasteiger partial charge in [0.1, 0.15) is 11.6 Å². The number of rotatable bonds is 6. The van der Waals surface area contributed by atoms with Gasteiger partial charge in [-0.15, -0.1) is 0 Å². The summed E-state index contributed by atoms with van der Waals surface area (Å²) in [7, 11) is 5.70. The first-order chi connectivity index (χ1) is 12.0. The molecule has 0 amide bonds. The van der Waals surface area contributed by atoms with Crippen LogP contribution >= 0.6 is 0 Å². The largest absolute Gasteiger partial charge is 0.352 e. The van der Waals surface area contributed by atoms with Gasteiger partial charge in [-0.3, -0.25) is 4.99 Å². The Morgan fingerprint density at radius 1 is 0.960 bits per heavy atom. The summed E-state index contributed by atoms with van der Waals surface area (Å²) in [6, 6.07) is 11.7. The predicted molar refractivity (Wildman–Crippen MR) is 97.2 cm³/mol. The number of guanidine groups is 1. The third-order valence-corrected chi connectivity index (χ3v) is 3.66. The highest BCUT2D eigenvalue weighted by Gasteiger charge is 2.05. The molecule has 0 aliphatic carbocycles. The van der Waals surface area contributed by atoms with Gasteiger partial charge in [0.25, 0.3) is 0 Å². The van der Waals surface area contributed by atoms with Crippen molar-refractivity contribution >= 4 is 5.96 Å². The molecule has 2 rings (SSSR count). The molecule has 25 heavy (non-hydrogen) atoms. The van der Waals surface area contributed by atoms with Crippen molar-refractivity contribution in [1.82, 2.24) is 15.5 Å². The summed E-state index contributed by atoms with van der Waals surface area (Å²) in [5.74, 6) is -0.374. The number of nitrogens with zero attached hydrogens (tertiary/aromatic N) is 2. The van der Waals surface area contributed by atoms with Crippen molar-refractivity contribution in [2.24, 2.45) is 4.99 Å². The maximum atomic E-state index is 13.6. The lowest BCUT2D eigenvalue weighted by atomic mass is 10.1. The zero-order valence-electron chi connectivity index (χ0n) is 14.8. The van der Waals surface area contributed by atoms with E-state index in [4.69, 9.17) is 0 Å². The summed E-state index contributed by atoms with van der Waals surface area (Å²) in [6.07, 6.45) is 0. The molecule has 134 valence electrons. The zero-order valence-corrected chi connectivity index (χ0v) is 14.8. The van der Waals surface area contributed by atoms with Crippen molar-refractivity contribution in [3.8, 4) is 0 Å². The van der Waals surface area contributed by atoms with Crippen molar-refractivity contribution in [2.45, 2.75) is 19.6 Å². The second kappa shape index (κ2) is 9.13. The van der Waals surface area contributed by atoms with Crippen LogP contribution in [0.25, 0.3) is 0 Å². The van der Waals surface area contributed by atoms with Crippen LogP contribution in [0.5, 0.6) is 0 Å². The highest BCUT2D eigenvalue weighted by Crippen LogP contribution is 2.09. The minimum Gasteiger partial charge on any atom is -0.352 e. The van der Waals surface area contributed by atoms with E-state index in [0.29, 0.717) is 12.5 Å². The van der Waals surface area contributed by atoms with Crippen LogP contribution in [0.15, 0.2) is 47.5 Å².